The molecule has 1 aromatic heterocycles. The highest BCUT2D eigenvalue weighted by Crippen LogP contribution is 2.34. The Hall–Kier alpha value is -4.02. The number of rotatable bonds is 10. The second kappa shape index (κ2) is 13.9. The van der Waals surface area contributed by atoms with Crippen LogP contribution in [0.1, 0.15) is 39.2 Å². The predicted molar refractivity (Wildman–Crippen MR) is 164 cm³/mol. The number of benzene rings is 3. The molecule has 0 bridgehead atoms. The quantitative estimate of drug-likeness (QED) is 0.181. The Morgan fingerprint density at radius 3 is 2.50 bits per heavy atom. The van der Waals surface area contributed by atoms with E-state index in [-0.39, 0.29) is 5.91 Å². The lowest BCUT2D eigenvalue weighted by Gasteiger charge is -2.07. The molecule has 1 aliphatic carbocycles. The fourth-order valence-electron chi connectivity index (χ4n) is 3.81. The lowest BCUT2D eigenvalue weighted by molar-refractivity contribution is -0.109. The topological polar surface area (TPSA) is 112 Å². The molecule has 1 fully saturated rings. The first kappa shape index (κ1) is 29.0. The fourth-order valence-corrected chi connectivity index (χ4v) is 5.18. The Morgan fingerprint density at radius 1 is 1.05 bits per heavy atom. The van der Waals surface area contributed by atoms with Crippen molar-refractivity contribution in [2.24, 2.45) is 0 Å². The summed E-state index contributed by atoms with van der Waals surface area (Å²) in [5, 5.41) is 9.66. The fraction of sp³-hybridized carbons (Fsp3) is 0.233. The van der Waals surface area contributed by atoms with E-state index in [2.05, 4.69) is 38.9 Å². The smallest absolute Gasteiger partial charge is 0.264 e. The molecule has 4 aromatic rings. The molecule has 1 heterocycles. The molecule has 1 unspecified atom stereocenters. The maximum Gasteiger partial charge on any atom is 0.264 e. The van der Waals surface area contributed by atoms with Crippen molar-refractivity contribution in [3.63, 3.8) is 0 Å². The van der Waals surface area contributed by atoms with Crippen LogP contribution in [0.25, 0.3) is 11.3 Å². The molecular formula is C30H33N5O3S2. The maximum absolute atomic E-state index is 13.2. The molecule has 0 aliphatic heterocycles. The monoisotopic (exact) mass is 575 g/mol. The molecular weight excluding hydrogens is 542 g/mol. The number of anilines is 3. The normalized spacial score (nSPS) is 12.9. The number of amides is 2. The standard InChI is InChI=1S/C26H26N4O2S2.C4H7NO/c1-17-12-13-18(2)22(14-17)28-26-29-23(20-10-7-11-21(15-20)30-34(3)32)24(33-26)25(31)27-16-19-8-5-4-6-9-19;6-3-5-4-1-2-4/h4-15,30H,16H2,1-3H3,(H,27,31)(H,28,29);3-4H,1-2H2,(H,5,6). The van der Waals surface area contributed by atoms with Crippen LogP contribution in [-0.4, -0.2) is 33.8 Å². The van der Waals surface area contributed by atoms with Crippen LogP contribution in [0.15, 0.2) is 72.8 Å². The third-order valence-electron chi connectivity index (χ3n) is 6.04. The van der Waals surface area contributed by atoms with Gasteiger partial charge in [0, 0.05) is 35.8 Å². The van der Waals surface area contributed by atoms with E-state index in [4.69, 9.17) is 4.98 Å². The van der Waals surface area contributed by atoms with Gasteiger partial charge in [-0.05, 0) is 61.6 Å². The summed E-state index contributed by atoms with van der Waals surface area (Å²) in [6, 6.07) is 23.9. The Balaban J connectivity index is 0.000000546. The van der Waals surface area contributed by atoms with Gasteiger partial charge in [-0.1, -0.05) is 65.9 Å². The van der Waals surface area contributed by atoms with Crippen LogP contribution in [0.2, 0.25) is 0 Å². The summed E-state index contributed by atoms with van der Waals surface area (Å²) < 4.78 is 14.5. The number of carbonyl (C=O) groups excluding carboxylic acids is 2. The Bertz CT molecular complexity index is 1490. The van der Waals surface area contributed by atoms with Gasteiger partial charge >= 0.3 is 0 Å². The van der Waals surface area contributed by atoms with Gasteiger partial charge in [0.2, 0.25) is 6.41 Å². The summed E-state index contributed by atoms with van der Waals surface area (Å²) >= 11 is 1.31. The van der Waals surface area contributed by atoms with E-state index in [0.717, 1.165) is 34.4 Å². The summed E-state index contributed by atoms with van der Waals surface area (Å²) in [6.07, 6.45) is 4.69. The first-order valence-electron chi connectivity index (χ1n) is 12.9. The van der Waals surface area contributed by atoms with Crippen LogP contribution in [-0.2, 0) is 22.3 Å². The van der Waals surface area contributed by atoms with E-state index in [1.165, 1.54) is 24.2 Å². The molecule has 10 heteroatoms. The summed E-state index contributed by atoms with van der Waals surface area (Å²) in [5.41, 5.74) is 6.25. The van der Waals surface area contributed by atoms with Crippen molar-refractivity contribution < 1.29 is 13.8 Å². The molecule has 8 nitrogen and oxygen atoms in total. The van der Waals surface area contributed by atoms with Gasteiger partial charge < -0.3 is 20.7 Å². The lowest BCUT2D eigenvalue weighted by atomic mass is 10.1. The summed E-state index contributed by atoms with van der Waals surface area (Å²) in [5.74, 6) is -0.192. The van der Waals surface area contributed by atoms with Gasteiger partial charge in [0.25, 0.3) is 5.91 Å². The molecule has 5 rings (SSSR count). The van der Waals surface area contributed by atoms with E-state index < -0.39 is 11.0 Å². The van der Waals surface area contributed by atoms with Crippen LogP contribution in [0.4, 0.5) is 16.5 Å². The average molecular weight is 576 g/mol. The molecule has 2 amide bonds. The molecule has 0 saturated heterocycles. The molecule has 0 spiro atoms. The van der Waals surface area contributed by atoms with Gasteiger partial charge in [0.15, 0.2) is 5.13 Å². The van der Waals surface area contributed by atoms with Crippen LogP contribution in [0.3, 0.4) is 0 Å². The predicted octanol–water partition coefficient (Wildman–Crippen LogP) is 5.70. The molecule has 1 saturated carbocycles. The minimum atomic E-state index is -1.21. The van der Waals surface area contributed by atoms with Crippen molar-refractivity contribution in [1.29, 1.82) is 0 Å². The molecule has 208 valence electrons. The Morgan fingerprint density at radius 2 is 1.82 bits per heavy atom. The lowest BCUT2D eigenvalue weighted by Crippen LogP contribution is -2.22. The van der Waals surface area contributed by atoms with Crippen molar-refractivity contribution >= 4 is 51.1 Å². The number of nitrogens with zero attached hydrogens (tertiary/aromatic N) is 1. The highest BCUT2D eigenvalue weighted by atomic mass is 32.2. The SMILES string of the molecule is Cc1ccc(C)c(Nc2nc(-c3cccc(NS(C)=O)c3)c(C(=O)NCc3ccccc3)s2)c1.O=CNC1CC1. The maximum atomic E-state index is 13.2. The molecule has 1 atom stereocenters. The number of thiazole rings is 1. The Kier molecular flexibility index (Phi) is 10.0. The zero-order valence-corrected chi connectivity index (χ0v) is 24.3. The van der Waals surface area contributed by atoms with Gasteiger partial charge in [0.05, 0.1) is 5.69 Å². The van der Waals surface area contributed by atoms with Crippen LogP contribution in [0, 0.1) is 13.8 Å². The van der Waals surface area contributed by atoms with Crippen molar-refractivity contribution in [2.75, 3.05) is 16.3 Å². The van der Waals surface area contributed by atoms with Crippen LogP contribution in [0.5, 0.6) is 0 Å². The molecule has 4 N–H and O–H groups in total. The van der Waals surface area contributed by atoms with Crippen molar-refractivity contribution in [2.45, 2.75) is 39.3 Å². The van der Waals surface area contributed by atoms with Gasteiger partial charge in [0.1, 0.15) is 15.9 Å². The third-order valence-corrected chi connectivity index (χ3v) is 7.54. The summed E-state index contributed by atoms with van der Waals surface area (Å²) in [7, 11) is -1.21. The van der Waals surface area contributed by atoms with Gasteiger partial charge in [-0.2, -0.15) is 0 Å². The number of nitrogens with one attached hydrogen (secondary N) is 4. The second-order valence-electron chi connectivity index (χ2n) is 9.50. The number of hydrogen-bond donors (Lipinski definition) is 4. The molecule has 3 aromatic carbocycles. The first-order chi connectivity index (χ1) is 19.3. The van der Waals surface area contributed by atoms with E-state index >= 15 is 0 Å². The third kappa shape index (κ3) is 8.49. The zero-order valence-electron chi connectivity index (χ0n) is 22.7. The summed E-state index contributed by atoms with van der Waals surface area (Å²) in [4.78, 5) is 28.1. The van der Waals surface area contributed by atoms with Gasteiger partial charge in [-0.15, -0.1) is 0 Å². The molecule has 0 radical (unpaired) electrons. The number of hydrogen-bond acceptors (Lipinski definition) is 6. The van der Waals surface area contributed by atoms with E-state index in [9.17, 15) is 13.8 Å². The van der Waals surface area contributed by atoms with Crippen molar-refractivity contribution in [1.82, 2.24) is 15.6 Å². The van der Waals surface area contributed by atoms with E-state index in [0.29, 0.717) is 34.0 Å². The number of aromatic nitrogens is 1. The zero-order chi connectivity index (χ0) is 28.5. The Labute approximate surface area is 241 Å². The minimum absolute atomic E-state index is 0.192. The van der Waals surface area contributed by atoms with Gasteiger partial charge in [-0.25, -0.2) is 9.19 Å². The number of carbonyl (C=O) groups is 2. The molecule has 40 heavy (non-hydrogen) atoms. The minimum Gasteiger partial charge on any atom is -0.356 e. The highest BCUT2D eigenvalue weighted by Gasteiger charge is 2.21. The summed E-state index contributed by atoms with van der Waals surface area (Å²) in [6.45, 7) is 4.49. The number of aryl methyl sites for hydroxylation is 2. The largest absolute Gasteiger partial charge is 0.356 e. The van der Waals surface area contributed by atoms with Crippen molar-refractivity contribution in [3.8, 4) is 11.3 Å². The van der Waals surface area contributed by atoms with Crippen LogP contribution < -0.4 is 20.7 Å². The van der Waals surface area contributed by atoms with Crippen LogP contribution >= 0.6 is 11.3 Å². The van der Waals surface area contributed by atoms with E-state index in [1.54, 1.807) is 6.26 Å². The highest BCUT2D eigenvalue weighted by molar-refractivity contribution is 7.85. The molecule has 1 aliphatic rings. The average Bonchev–Trinajstić information content (AvgIpc) is 3.66. The van der Waals surface area contributed by atoms with E-state index in [1.807, 2.05) is 68.4 Å². The second-order valence-corrected chi connectivity index (χ2v) is 11.6. The van der Waals surface area contributed by atoms with Gasteiger partial charge in [-0.3, -0.25) is 9.59 Å². The van der Waals surface area contributed by atoms with Crippen molar-refractivity contribution in [3.05, 3.63) is 94.4 Å². The first-order valence-corrected chi connectivity index (χ1v) is 15.3.